The zero-order valence-electron chi connectivity index (χ0n) is 19.6. The molecule has 1 aliphatic heterocycles. The van der Waals surface area contributed by atoms with Crippen LogP contribution >= 0.6 is 0 Å². The van der Waals surface area contributed by atoms with Gasteiger partial charge in [0.15, 0.2) is 0 Å². The molecular weight excluding hydrogens is 438 g/mol. The number of carbonyl (C=O) groups is 4. The van der Waals surface area contributed by atoms with E-state index >= 15 is 0 Å². The van der Waals surface area contributed by atoms with Crippen molar-refractivity contribution in [3.05, 3.63) is 47.7 Å². The van der Waals surface area contributed by atoms with Crippen molar-refractivity contribution in [2.24, 2.45) is 0 Å². The van der Waals surface area contributed by atoms with Gasteiger partial charge in [0.05, 0.1) is 12.2 Å². The Bertz CT molecular complexity index is 1040. The zero-order chi connectivity index (χ0) is 24.7. The third-order valence-electron chi connectivity index (χ3n) is 5.19. The molecular formula is C24H29N5O5. The summed E-state index contributed by atoms with van der Waals surface area (Å²) in [5.41, 5.74) is 1.64. The van der Waals surface area contributed by atoms with Crippen LogP contribution in [0.15, 0.2) is 36.5 Å². The van der Waals surface area contributed by atoms with Gasteiger partial charge >= 0.3 is 5.97 Å². The maximum atomic E-state index is 13.3. The van der Waals surface area contributed by atoms with E-state index in [-0.39, 0.29) is 17.7 Å². The second kappa shape index (κ2) is 11.3. The molecule has 1 aromatic carbocycles. The molecule has 0 saturated carbocycles. The van der Waals surface area contributed by atoms with Gasteiger partial charge in [-0.05, 0) is 43.7 Å². The minimum Gasteiger partial charge on any atom is -0.462 e. The van der Waals surface area contributed by atoms with E-state index in [1.807, 2.05) is 0 Å². The molecule has 10 nitrogen and oxygen atoms in total. The summed E-state index contributed by atoms with van der Waals surface area (Å²) in [6.07, 6.45) is 2.23. The van der Waals surface area contributed by atoms with E-state index in [0.29, 0.717) is 55.3 Å². The summed E-state index contributed by atoms with van der Waals surface area (Å²) >= 11 is 0. The van der Waals surface area contributed by atoms with Gasteiger partial charge in [-0.2, -0.15) is 0 Å². The number of carbonyl (C=O) groups excluding carboxylic acids is 4. The quantitative estimate of drug-likeness (QED) is 0.626. The molecule has 1 saturated heterocycles. The van der Waals surface area contributed by atoms with Crippen molar-refractivity contribution in [3.63, 3.8) is 0 Å². The lowest BCUT2D eigenvalue weighted by atomic mass is 10.1. The molecule has 34 heavy (non-hydrogen) atoms. The van der Waals surface area contributed by atoms with Crippen LogP contribution < -0.4 is 15.5 Å². The topological polar surface area (TPSA) is 121 Å². The number of ether oxygens (including phenoxy) is 1. The lowest BCUT2D eigenvalue weighted by Crippen LogP contribution is -2.35. The first-order chi connectivity index (χ1) is 16.3. The third kappa shape index (κ3) is 6.53. The minimum absolute atomic E-state index is 0.189. The van der Waals surface area contributed by atoms with Crippen molar-refractivity contribution in [1.82, 2.24) is 9.88 Å². The number of nitrogens with one attached hydrogen (secondary N) is 2. The second-order valence-electron chi connectivity index (χ2n) is 7.92. The number of hydrogen-bond acceptors (Lipinski definition) is 7. The van der Waals surface area contributed by atoms with Gasteiger partial charge in [-0.3, -0.25) is 14.4 Å². The van der Waals surface area contributed by atoms with Crippen molar-refractivity contribution >= 4 is 40.9 Å². The molecule has 0 atom stereocenters. The van der Waals surface area contributed by atoms with Crippen LogP contribution in [0.4, 0.5) is 17.2 Å². The molecule has 2 N–H and O–H groups in total. The molecule has 0 bridgehead atoms. The molecule has 3 rings (SSSR count). The van der Waals surface area contributed by atoms with Crippen molar-refractivity contribution in [1.29, 1.82) is 0 Å². The Labute approximate surface area is 198 Å². The highest BCUT2D eigenvalue weighted by Gasteiger charge is 2.22. The van der Waals surface area contributed by atoms with Crippen molar-refractivity contribution < 1.29 is 23.9 Å². The maximum absolute atomic E-state index is 13.3. The van der Waals surface area contributed by atoms with E-state index in [4.69, 9.17) is 4.74 Å². The first-order valence-corrected chi connectivity index (χ1v) is 11.1. The largest absolute Gasteiger partial charge is 0.462 e. The first-order valence-electron chi connectivity index (χ1n) is 11.1. The average Bonchev–Trinajstić information content (AvgIpc) is 3.04. The van der Waals surface area contributed by atoms with Crippen molar-refractivity contribution in [2.45, 2.75) is 27.2 Å². The van der Waals surface area contributed by atoms with Crippen LogP contribution in [-0.2, 0) is 14.3 Å². The number of nitrogens with zero attached hydrogens (tertiary/aromatic N) is 3. The molecule has 0 aliphatic carbocycles. The summed E-state index contributed by atoms with van der Waals surface area (Å²) in [4.78, 5) is 56.3. The van der Waals surface area contributed by atoms with Crippen LogP contribution in [0.1, 0.15) is 47.9 Å². The normalized spacial score (nSPS) is 13.6. The molecule has 10 heteroatoms. The van der Waals surface area contributed by atoms with Gasteiger partial charge < -0.3 is 25.2 Å². The predicted octanol–water partition coefficient (Wildman–Crippen LogP) is 2.53. The summed E-state index contributed by atoms with van der Waals surface area (Å²) < 4.78 is 4.99. The van der Waals surface area contributed by atoms with Gasteiger partial charge in [0.25, 0.3) is 5.91 Å². The van der Waals surface area contributed by atoms with Crippen LogP contribution in [0.5, 0.6) is 0 Å². The number of benzene rings is 1. The monoisotopic (exact) mass is 467 g/mol. The minimum atomic E-state index is -0.408. The van der Waals surface area contributed by atoms with Gasteiger partial charge in [-0.25, -0.2) is 9.78 Å². The Morgan fingerprint density at radius 3 is 2.15 bits per heavy atom. The summed E-state index contributed by atoms with van der Waals surface area (Å²) in [5.74, 6) is -0.418. The van der Waals surface area contributed by atoms with Crippen LogP contribution in [0.25, 0.3) is 0 Å². The van der Waals surface area contributed by atoms with Gasteiger partial charge in [0.1, 0.15) is 5.82 Å². The fourth-order valence-electron chi connectivity index (χ4n) is 3.74. The summed E-state index contributed by atoms with van der Waals surface area (Å²) in [7, 11) is 0. The Morgan fingerprint density at radius 1 is 0.912 bits per heavy atom. The Hall–Kier alpha value is -3.95. The Kier molecular flexibility index (Phi) is 8.18. The first kappa shape index (κ1) is 24.7. The van der Waals surface area contributed by atoms with Crippen molar-refractivity contribution in [3.8, 4) is 0 Å². The van der Waals surface area contributed by atoms with Crippen LogP contribution in [0.2, 0.25) is 0 Å². The van der Waals surface area contributed by atoms with Crippen LogP contribution in [0, 0.1) is 0 Å². The predicted molar refractivity (Wildman–Crippen MR) is 128 cm³/mol. The summed E-state index contributed by atoms with van der Waals surface area (Å²) in [6.45, 7) is 7.11. The smallest absolute Gasteiger partial charge is 0.339 e. The van der Waals surface area contributed by atoms with E-state index in [9.17, 15) is 19.2 Å². The zero-order valence-corrected chi connectivity index (χ0v) is 19.6. The highest BCUT2D eigenvalue weighted by molar-refractivity contribution is 6.00. The molecule has 2 heterocycles. The lowest BCUT2D eigenvalue weighted by molar-refractivity contribution is -0.115. The van der Waals surface area contributed by atoms with E-state index < -0.39 is 5.97 Å². The molecule has 180 valence electrons. The van der Waals surface area contributed by atoms with Crippen LogP contribution in [-0.4, -0.2) is 66.4 Å². The van der Waals surface area contributed by atoms with E-state index in [1.54, 1.807) is 42.2 Å². The number of pyridine rings is 1. The summed E-state index contributed by atoms with van der Waals surface area (Å²) in [6, 6.07) is 8.28. The molecule has 1 fully saturated rings. The highest BCUT2D eigenvalue weighted by Crippen LogP contribution is 2.22. The molecule has 0 radical (unpaired) electrons. The summed E-state index contributed by atoms with van der Waals surface area (Å²) in [5, 5.41) is 5.33. The molecule has 3 amide bonds. The SMILES string of the molecule is CCOC(=O)c1ccc(N2CCCN(C(=O)c3cc(NC(C)=O)cc(NC(C)=O)c3)CC2)nc1. The lowest BCUT2D eigenvalue weighted by Gasteiger charge is -2.23. The Balaban J connectivity index is 1.72. The number of aromatic nitrogens is 1. The molecule has 1 aromatic heterocycles. The molecule has 1 aliphatic rings. The second-order valence-corrected chi connectivity index (χ2v) is 7.92. The van der Waals surface area contributed by atoms with Crippen molar-refractivity contribution in [2.75, 3.05) is 48.3 Å². The third-order valence-corrected chi connectivity index (χ3v) is 5.19. The number of rotatable bonds is 6. The molecule has 0 unspecified atom stereocenters. The Morgan fingerprint density at radius 2 is 1.59 bits per heavy atom. The van der Waals surface area contributed by atoms with E-state index in [2.05, 4.69) is 20.5 Å². The van der Waals surface area contributed by atoms with E-state index in [1.165, 1.54) is 20.0 Å². The van der Waals surface area contributed by atoms with Gasteiger partial charge in [-0.1, -0.05) is 0 Å². The van der Waals surface area contributed by atoms with E-state index in [0.717, 1.165) is 12.2 Å². The maximum Gasteiger partial charge on any atom is 0.339 e. The average molecular weight is 468 g/mol. The number of amides is 3. The van der Waals surface area contributed by atoms with Gasteiger partial charge in [-0.15, -0.1) is 0 Å². The molecule has 2 aromatic rings. The number of hydrogen-bond donors (Lipinski definition) is 2. The van der Waals surface area contributed by atoms with Gasteiger partial charge in [0.2, 0.25) is 11.8 Å². The van der Waals surface area contributed by atoms with Gasteiger partial charge in [0, 0.05) is 63.2 Å². The number of esters is 1. The highest BCUT2D eigenvalue weighted by atomic mass is 16.5. The fourth-order valence-corrected chi connectivity index (χ4v) is 3.74. The fraction of sp³-hybridized carbons (Fsp3) is 0.375. The number of anilines is 3. The molecule has 0 spiro atoms. The standard InChI is InChI=1S/C24H29N5O5/c1-4-34-24(33)18-6-7-22(25-15-18)28-8-5-9-29(11-10-28)23(32)19-12-20(26-16(2)30)14-21(13-19)27-17(3)31/h6-7,12-15H,4-5,8-11H2,1-3H3,(H,26,30)(H,27,31). The van der Waals surface area contributed by atoms with Crippen LogP contribution in [0.3, 0.4) is 0 Å².